The molecule has 0 aromatic heterocycles. The van der Waals surface area contributed by atoms with Gasteiger partial charge in [-0.2, -0.15) is 0 Å². The lowest BCUT2D eigenvalue weighted by atomic mass is 9.95. The smallest absolute Gasteiger partial charge is 0.0725 e. The normalized spacial score (nSPS) is 40.5. The summed E-state index contributed by atoms with van der Waals surface area (Å²) in [7, 11) is 0. The molecule has 2 nitrogen and oxygen atoms in total. The molecule has 0 amide bonds. The van der Waals surface area contributed by atoms with Gasteiger partial charge in [0.25, 0.3) is 0 Å². The predicted molar refractivity (Wildman–Crippen MR) is 41.8 cm³/mol. The van der Waals surface area contributed by atoms with Crippen molar-refractivity contribution in [3.8, 4) is 0 Å². The summed E-state index contributed by atoms with van der Waals surface area (Å²) in [5, 5.41) is 3.55. The summed E-state index contributed by atoms with van der Waals surface area (Å²) in [5.74, 6) is 0. The van der Waals surface area contributed by atoms with Crippen LogP contribution in [0, 0.1) is 0 Å². The number of rotatable bonds is 1. The number of likely N-dealkylation sites (tertiary alicyclic amines) is 1. The maximum atomic E-state index is 3.55. The van der Waals surface area contributed by atoms with Crippen LogP contribution in [0.5, 0.6) is 0 Å². The van der Waals surface area contributed by atoms with E-state index in [-0.39, 0.29) is 0 Å². The summed E-state index contributed by atoms with van der Waals surface area (Å²) in [6.45, 7) is 6.01. The Labute approximate surface area is 62.6 Å². The van der Waals surface area contributed by atoms with Crippen molar-refractivity contribution < 1.29 is 0 Å². The Morgan fingerprint density at radius 3 is 2.70 bits per heavy atom. The molecule has 2 saturated heterocycles. The largest absolute Gasteiger partial charge is 0.299 e. The van der Waals surface area contributed by atoms with Gasteiger partial charge in [-0.25, -0.2) is 0 Å². The van der Waals surface area contributed by atoms with Gasteiger partial charge in [-0.1, -0.05) is 6.92 Å². The van der Waals surface area contributed by atoms with Gasteiger partial charge < -0.3 is 0 Å². The van der Waals surface area contributed by atoms with E-state index < -0.39 is 0 Å². The molecule has 2 heteroatoms. The molecule has 0 bridgehead atoms. The fourth-order valence-corrected chi connectivity index (χ4v) is 2.29. The van der Waals surface area contributed by atoms with E-state index in [0.717, 1.165) is 0 Å². The number of nitrogens with zero attached hydrogens (tertiary/aromatic N) is 1. The van der Waals surface area contributed by atoms with Crippen LogP contribution in [0.1, 0.15) is 26.2 Å². The van der Waals surface area contributed by atoms with Gasteiger partial charge in [0.15, 0.2) is 0 Å². The van der Waals surface area contributed by atoms with Gasteiger partial charge in [-0.15, -0.1) is 0 Å². The quantitative estimate of drug-likeness (QED) is 0.579. The molecule has 58 valence electrons. The highest BCUT2D eigenvalue weighted by Gasteiger charge is 2.44. The van der Waals surface area contributed by atoms with Crippen LogP contribution in [-0.4, -0.2) is 30.2 Å². The Balaban J connectivity index is 2.05. The van der Waals surface area contributed by atoms with Crippen LogP contribution in [0.2, 0.25) is 0 Å². The lowest BCUT2D eigenvalue weighted by Gasteiger charge is -2.46. The van der Waals surface area contributed by atoms with Crippen LogP contribution in [0.25, 0.3) is 0 Å². The lowest BCUT2D eigenvalue weighted by Crippen LogP contribution is -2.64. The first kappa shape index (κ1) is 6.62. The molecule has 0 aromatic rings. The molecule has 2 fully saturated rings. The SMILES string of the molecule is CCN1CCCC12CCN2. The van der Waals surface area contributed by atoms with Crippen molar-refractivity contribution >= 4 is 0 Å². The monoisotopic (exact) mass is 140 g/mol. The highest BCUT2D eigenvalue weighted by molar-refractivity contribution is 4.99. The Morgan fingerprint density at radius 1 is 1.50 bits per heavy atom. The molecule has 0 radical (unpaired) electrons. The zero-order valence-electron chi connectivity index (χ0n) is 6.69. The highest BCUT2D eigenvalue weighted by Crippen LogP contribution is 2.33. The van der Waals surface area contributed by atoms with Crippen LogP contribution in [0.3, 0.4) is 0 Å². The zero-order valence-corrected chi connectivity index (χ0v) is 6.69. The van der Waals surface area contributed by atoms with Crippen molar-refractivity contribution in [3.05, 3.63) is 0 Å². The van der Waals surface area contributed by atoms with E-state index in [0.29, 0.717) is 5.66 Å². The van der Waals surface area contributed by atoms with E-state index in [1.54, 1.807) is 0 Å². The van der Waals surface area contributed by atoms with Crippen molar-refractivity contribution in [2.24, 2.45) is 0 Å². The second-order valence-corrected chi connectivity index (χ2v) is 3.39. The summed E-state index contributed by atoms with van der Waals surface area (Å²) >= 11 is 0. The number of hydrogen-bond acceptors (Lipinski definition) is 2. The van der Waals surface area contributed by atoms with Gasteiger partial charge in [0.1, 0.15) is 0 Å². The standard InChI is InChI=1S/C8H16N2/c1-2-10-7-3-4-8(10)5-6-9-8/h9H,2-7H2,1H3. The molecular weight excluding hydrogens is 124 g/mol. The molecule has 0 aliphatic carbocycles. The summed E-state index contributed by atoms with van der Waals surface area (Å²) in [6, 6.07) is 0. The van der Waals surface area contributed by atoms with E-state index >= 15 is 0 Å². The first-order valence-electron chi connectivity index (χ1n) is 4.37. The van der Waals surface area contributed by atoms with Crippen molar-refractivity contribution in [2.75, 3.05) is 19.6 Å². The molecule has 1 spiro atoms. The van der Waals surface area contributed by atoms with Crippen molar-refractivity contribution in [3.63, 3.8) is 0 Å². The number of nitrogens with one attached hydrogen (secondary N) is 1. The first-order valence-corrected chi connectivity index (χ1v) is 4.37. The molecule has 1 N–H and O–H groups in total. The molecule has 0 aromatic carbocycles. The van der Waals surface area contributed by atoms with Gasteiger partial charge in [-0.3, -0.25) is 10.2 Å². The van der Waals surface area contributed by atoms with E-state index in [2.05, 4.69) is 17.1 Å². The summed E-state index contributed by atoms with van der Waals surface area (Å²) in [6.07, 6.45) is 4.14. The predicted octanol–water partition coefficient (Wildman–Crippen LogP) is 0.792. The van der Waals surface area contributed by atoms with Gasteiger partial charge >= 0.3 is 0 Å². The molecule has 2 aliphatic heterocycles. The second kappa shape index (κ2) is 2.21. The molecule has 10 heavy (non-hydrogen) atoms. The van der Waals surface area contributed by atoms with Crippen molar-refractivity contribution in [2.45, 2.75) is 31.8 Å². The third-order valence-corrected chi connectivity index (χ3v) is 3.00. The molecule has 2 rings (SSSR count). The van der Waals surface area contributed by atoms with Crippen LogP contribution in [0.4, 0.5) is 0 Å². The average molecular weight is 140 g/mol. The van der Waals surface area contributed by atoms with Crippen LogP contribution in [0.15, 0.2) is 0 Å². The lowest BCUT2D eigenvalue weighted by molar-refractivity contribution is 0.0386. The minimum absolute atomic E-state index is 0.467. The minimum atomic E-state index is 0.467. The fourth-order valence-electron chi connectivity index (χ4n) is 2.29. The minimum Gasteiger partial charge on any atom is -0.299 e. The molecule has 1 atom stereocenters. The summed E-state index contributed by atoms with van der Waals surface area (Å²) < 4.78 is 0. The molecule has 0 saturated carbocycles. The Morgan fingerprint density at radius 2 is 2.30 bits per heavy atom. The Bertz CT molecular complexity index is 129. The Kier molecular flexibility index (Phi) is 1.46. The van der Waals surface area contributed by atoms with Crippen LogP contribution in [-0.2, 0) is 0 Å². The topological polar surface area (TPSA) is 15.3 Å². The molecule has 2 heterocycles. The molecule has 1 unspecified atom stereocenters. The second-order valence-electron chi connectivity index (χ2n) is 3.39. The van der Waals surface area contributed by atoms with Gasteiger partial charge in [-0.05, 0) is 38.9 Å². The Hall–Kier alpha value is -0.0800. The fraction of sp³-hybridized carbons (Fsp3) is 1.00. The average Bonchev–Trinajstić information content (AvgIpc) is 2.27. The maximum Gasteiger partial charge on any atom is 0.0725 e. The molecular formula is C8H16N2. The van der Waals surface area contributed by atoms with E-state index in [9.17, 15) is 0 Å². The van der Waals surface area contributed by atoms with Crippen LogP contribution >= 0.6 is 0 Å². The van der Waals surface area contributed by atoms with E-state index in [1.165, 1.54) is 38.9 Å². The van der Waals surface area contributed by atoms with Crippen molar-refractivity contribution in [1.29, 1.82) is 0 Å². The highest BCUT2D eigenvalue weighted by atomic mass is 15.4. The van der Waals surface area contributed by atoms with Crippen LogP contribution < -0.4 is 5.32 Å². The summed E-state index contributed by atoms with van der Waals surface area (Å²) in [5.41, 5.74) is 0.467. The van der Waals surface area contributed by atoms with Gasteiger partial charge in [0, 0.05) is 0 Å². The number of hydrogen-bond donors (Lipinski definition) is 1. The first-order chi connectivity index (χ1) is 4.87. The van der Waals surface area contributed by atoms with E-state index in [1.807, 2.05) is 0 Å². The zero-order chi connectivity index (χ0) is 7.03. The summed E-state index contributed by atoms with van der Waals surface area (Å²) in [4.78, 5) is 2.58. The van der Waals surface area contributed by atoms with Gasteiger partial charge in [0.05, 0.1) is 5.66 Å². The van der Waals surface area contributed by atoms with Crippen molar-refractivity contribution in [1.82, 2.24) is 10.2 Å². The third kappa shape index (κ3) is 0.722. The van der Waals surface area contributed by atoms with Gasteiger partial charge in [0.2, 0.25) is 0 Å². The third-order valence-electron chi connectivity index (χ3n) is 3.00. The maximum absolute atomic E-state index is 3.55. The van der Waals surface area contributed by atoms with E-state index in [4.69, 9.17) is 0 Å². The molecule has 2 aliphatic rings.